The van der Waals surface area contributed by atoms with Gasteiger partial charge in [0.05, 0.1) is 7.11 Å². The van der Waals surface area contributed by atoms with Crippen molar-refractivity contribution < 1.29 is 19.4 Å². The molecule has 2 N–H and O–H groups in total. The van der Waals surface area contributed by atoms with Crippen molar-refractivity contribution in [3.63, 3.8) is 0 Å². The number of amides is 1. The molecule has 1 unspecified atom stereocenters. The third-order valence-corrected chi connectivity index (χ3v) is 4.25. The molecule has 2 aromatic rings. The van der Waals surface area contributed by atoms with Gasteiger partial charge in [-0.1, -0.05) is 0 Å². The minimum atomic E-state index is -0.690. The van der Waals surface area contributed by atoms with E-state index in [-0.39, 0.29) is 19.1 Å². The summed E-state index contributed by atoms with van der Waals surface area (Å²) in [5.74, 6) is 1.04. The summed E-state index contributed by atoms with van der Waals surface area (Å²) in [6, 6.07) is 8.93. The molecule has 0 radical (unpaired) electrons. The normalized spacial score (nSPS) is 11.8. The lowest BCUT2D eigenvalue weighted by molar-refractivity contribution is -0.123. The number of rotatable bonds is 7. The zero-order valence-electron chi connectivity index (χ0n) is 12.5. The minimum Gasteiger partial charge on any atom is -0.497 e. The first-order valence-corrected chi connectivity index (χ1v) is 7.73. The maximum absolute atomic E-state index is 11.7. The molecule has 0 aliphatic heterocycles. The summed E-state index contributed by atoms with van der Waals surface area (Å²) in [4.78, 5) is 12.6. The summed E-state index contributed by atoms with van der Waals surface area (Å²) >= 11 is 1.48. The van der Waals surface area contributed by atoms with Crippen LogP contribution in [0.3, 0.4) is 0 Å². The Hall–Kier alpha value is -2.05. The van der Waals surface area contributed by atoms with Gasteiger partial charge in [0.2, 0.25) is 0 Å². The molecule has 0 aliphatic rings. The van der Waals surface area contributed by atoms with Crippen LogP contribution in [0.15, 0.2) is 35.7 Å². The van der Waals surface area contributed by atoms with Gasteiger partial charge >= 0.3 is 0 Å². The van der Waals surface area contributed by atoms with E-state index >= 15 is 0 Å². The van der Waals surface area contributed by atoms with Gasteiger partial charge in [-0.15, -0.1) is 11.3 Å². The zero-order chi connectivity index (χ0) is 15.9. The topological polar surface area (TPSA) is 67.8 Å². The number of aliphatic hydroxyl groups excluding tert-OH is 1. The van der Waals surface area contributed by atoms with Crippen molar-refractivity contribution in [3.05, 3.63) is 46.2 Å². The van der Waals surface area contributed by atoms with Gasteiger partial charge in [0, 0.05) is 11.4 Å². The largest absolute Gasteiger partial charge is 0.497 e. The Labute approximate surface area is 133 Å². The number of carbonyl (C=O) groups is 1. The van der Waals surface area contributed by atoms with Crippen LogP contribution in [0.4, 0.5) is 0 Å². The Morgan fingerprint density at radius 3 is 2.55 bits per heavy atom. The van der Waals surface area contributed by atoms with Gasteiger partial charge in [-0.2, -0.15) is 0 Å². The van der Waals surface area contributed by atoms with E-state index in [2.05, 4.69) is 5.32 Å². The van der Waals surface area contributed by atoms with E-state index in [0.717, 1.165) is 16.2 Å². The first-order valence-electron chi connectivity index (χ1n) is 6.85. The number of hydrogen-bond donors (Lipinski definition) is 2. The van der Waals surface area contributed by atoms with Gasteiger partial charge in [-0.3, -0.25) is 4.79 Å². The smallest absolute Gasteiger partial charge is 0.258 e. The van der Waals surface area contributed by atoms with Crippen LogP contribution in [0.1, 0.15) is 16.5 Å². The number of nitrogens with one attached hydrogen (secondary N) is 1. The first-order chi connectivity index (χ1) is 10.6. The van der Waals surface area contributed by atoms with Crippen LogP contribution < -0.4 is 14.8 Å². The maximum atomic E-state index is 11.7. The highest BCUT2D eigenvalue weighted by Crippen LogP contribution is 2.23. The number of thiophene rings is 1. The lowest BCUT2D eigenvalue weighted by Crippen LogP contribution is -2.32. The van der Waals surface area contributed by atoms with Crippen molar-refractivity contribution in [2.75, 3.05) is 20.3 Å². The molecule has 1 amide bonds. The van der Waals surface area contributed by atoms with E-state index in [1.165, 1.54) is 11.3 Å². The number of ether oxygens (including phenoxy) is 2. The second kappa shape index (κ2) is 7.82. The molecule has 0 aliphatic carbocycles. The predicted molar refractivity (Wildman–Crippen MR) is 85.5 cm³/mol. The van der Waals surface area contributed by atoms with E-state index < -0.39 is 6.10 Å². The number of aliphatic hydroxyl groups is 1. The molecule has 0 spiro atoms. The van der Waals surface area contributed by atoms with Crippen molar-refractivity contribution in [2.24, 2.45) is 0 Å². The average molecular weight is 321 g/mol. The first kappa shape index (κ1) is 16.3. The molecule has 1 aromatic carbocycles. The number of carbonyl (C=O) groups excluding carboxylic acids is 1. The summed E-state index contributed by atoms with van der Waals surface area (Å²) in [5.41, 5.74) is 1.03. The van der Waals surface area contributed by atoms with E-state index in [1.54, 1.807) is 31.4 Å². The fraction of sp³-hybridized carbons (Fsp3) is 0.312. The van der Waals surface area contributed by atoms with Gasteiger partial charge in [-0.05, 0) is 48.2 Å². The minimum absolute atomic E-state index is 0.0948. The SMILES string of the molecule is COc1ccc(OCC(=O)NCC(O)c2sccc2C)cc1. The molecule has 118 valence electrons. The lowest BCUT2D eigenvalue weighted by Gasteiger charge is -2.12. The van der Waals surface area contributed by atoms with Crippen LogP contribution in [0.25, 0.3) is 0 Å². The summed E-state index contributed by atoms with van der Waals surface area (Å²) in [6.07, 6.45) is -0.690. The van der Waals surface area contributed by atoms with Crippen LogP contribution in [0.5, 0.6) is 11.5 Å². The standard InChI is InChI=1S/C16H19NO4S/c1-11-7-8-22-16(11)14(18)9-17-15(19)10-21-13-5-3-12(20-2)4-6-13/h3-8,14,18H,9-10H2,1-2H3,(H,17,19). The summed E-state index contributed by atoms with van der Waals surface area (Å²) in [7, 11) is 1.59. The van der Waals surface area contributed by atoms with E-state index in [1.807, 2.05) is 18.4 Å². The highest BCUT2D eigenvalue weighted by molar-refractivity contribution is 7.10. The summed E-state index contributed by atoms with van der Waals surface area (Å²) in [6.45, 7) is 2.01. The Bertz CT molecular complexity index is 609. The molecular formula is C16H19NO4S. The molecule has 22 heavy (non-hydrogen) atoms. The van der Waals surface area contributed by atoms with Crippen LogP contribution in [-0.2, 0) is 4.79 Å². The van der Waals surface area contributed by atoms with Gasteiger partial charge in [0.25, 0.3) is 5.91 Å². The van der Waals surface area contributed by atoms with Crippen molar-refractivity contribution in [3.8, 4) is 11.5 Å². The van der Waals surface area contributed by atoms with Crippen molar-refractivity contribution in [1.82, 2.24) is 5.32 Å². The summed E-state index contributed by atoms with van der Waals surface area (Å²) in [5, 5.41) is 14.6. The third-order valence-electron chi connectivity index (χ3n) is 3.13. The fourth-order valence-electron chi connectivity index (χ4n) is 1.90. The van der Waals surface area contributed by atoms with Gasteiger partial charge < -0.3 is 19.9 Å². The van der Waals surface area contributed by atoms with Crippen LogP contribution in [0, 0.1) is 6.92 Å². The summed E-state index contributed by atoms with van der Waals surface area (Å²) < 4.78 is 10.4. The number of aryl methyl sites for hydroxylation is 1. The number of methoxy groups -OCH3 is 1. The molecule has 5 nitrogen and oxygen atoms in total. The Morgan fingerprint density at radius 2 is 1.95 bits per heavy atom. The van der Waals surface area contributed by atoms with Gasteiger partial charge in [0.1, 0.15) is 17.6 Å². The van der Waals surface area contributed by atoms with Crippen molar-refractivity contribution in [2.45, 2.75) is 13.0 Å². The molecule has 1 atom stereocenters. The molecule has 0 saturated carbocycles. The van der Waals surface area contributed by atoms with E-state index in [9.17, 15) is 9.90 Å². The number of benzene rings is 1. The van der Waals surface area contributed by atoms with Crippen LogP contribution >= 0.6 is 11.3 Å². The second-order valence-electron chi connectivity index (χ2n) is 4.75. The molecule has 6 heteroatoms. The highest BCUT2D eigenvalue weighted by Gasteiger charge is 2.13. The quantitative estimate of drug-likeness (QED) is 0.821. The zero-order valence-corrected chi connectivity index (χ0v) is 13.4. The van der Waals surface area contributed by atoms with Gasteiger partial charge in [-0.25, -0.2) is 0 Å². The van der Waals surface area contributed by atoms with Crippen molar-refractivity contribution in [1.29, 1.82) is 0 Å². The molecular weight excluding hydrogens is 302 g/mol. The van der Waals surface area contributed by atoms with E-state index in [0.29, 0.717) is 5.75 Å². The lowest BCUT2D eigenvalue weighted by atomic mass is 10.2. The molecule has 2 rings (SSSR count). The third kappa shape index (κ3) is 4.47. The Balaban J connectivity index is 1.74. The molecule has 0 fully saturated rings. The average Bonchev–Trinajstić information content (AvgIpc) is 2.97. The Morgan fingerprint density at radius 1 is 1.27 bits per heavy atom. The molecule has 0 bridgehead atoms. The second-order valence-corrected chi connectivity index (χ2v) is 5.70. The molecule has 0 saturated heterocycles. The molecule has 1 heterocycles. The monoisotopic (exact) mass is 321 g/mol. The number of hydrogen-bond acceptors (Lipinski definition) is 5. The Kier molecular flexibility index (Phi) is 5.80. The van der Waals surface area contributed by atoms with Crippen molar-refractivity contribution >= 4 is 17.2 Å². The highest BCUT2D eigenvalue weighted by atomic mass is 32.1. The van der Waals surface area contributed by atoms with Crippen LogP contribution in [0.2, 0.25) is 0 Å². The fourth-order valence-corrected chi connectivity index (χ4v) is 2.81. The predicted octanol–water partition coefficient (Wildman–Crippen LogP) is 2.29. The van der Waals surface area contributed by atoms with E-state index in [4.69, 9.17) is 9.47 Å². The van der Waals surface area contributed by atoms with Gasteiger partial charge in [0.15, 0.2) is 6.61 Å². The van der Waals surface area contributed by atoms with Crippen LogP contribution in [-0.4, -0.2) is 31.3 Å². The maximum Gasteiger partial charge on any atom is 0.258 e. The molecule has 1 aromatic heterocycles.